The van der Waals surface area contributed by atoms with Crippen LogP contribution < -0.4 is 10.0 Å². The number of ketones is 1. The molecule has 0 unspecified atom stereocenters. The van der Waals surface area contributed by atoms with Crippen molar-refractivity contribution >= 4 is 45.5 Å². The third-order valence-electron chi connectivity index (χ3n) is 6.39. The van der Waals surface area contributed by atoms with Crippen LogP contribution in [0, 0.1) is 0 Å². The summed E-state index contributed by atoms with van der Waals surface area (Å²) >= 11 is 0. The van der Waals surface area contributed by atoms with E-state index in [4.69, 9.17) is 0 Å². The van der Waals surface area contributed by atoms with Crippen LogP contribution in [-0.4, -0.2) is 64.7 Å². The number of nitrogens with one attached hydrogen (secondary N) is 1. The van der Waals surface area contributed by atoms with Gasteiger partial charge in [-0.3, -0.25) is 14.2 Å². The van der Waals surface area contributed by atoms with Crippen LogP contribution in [0.4, 0.5) is 4.39 Å². The SMILES string of the molecule is CC(=O)c1cn(CC(=O)N2C[C@H](F)C[C@H]2CCNS(=O)(=O)c2ccccc2)c2ccc(P(=O)(O)O)cc12. The summed E-state index contributed by atoms with van der Waals surface area (Å²) in [4.78, 5) is 45.8. The molecule has 13 heteroatoms. The van der Waals surface area contributed by atoms with Crippen LogP contribution in [-0.2, 0) is 25.9 Å². The average molecular weight is 552 g/mol. The van der Waals surface area contributed by atoms with Gasteiger partial charge in [0.15, 0.2) is 5.78 Å². The number of alkyl halides is 1. The normalized spacial score (nSPS) is 18.4. The molecule has 1 aromatic heterocycles. The highest BCUT2D eigenvalue weighted by molar-refractivity contribution is 7.89. The third-order valence-corrected chi connectivity index (χ3v) is 8.82. The van der Waals surface area contributed by atoms with Crippen LogP contribution in [0.3, 0.4) is 0 Å². The number of carbonyl (C=O) groups is 2. The van der Waals surface area contributed by atoms with Crippen molar-refractivity contribution in [2.24, 2.45) is 0 Å². The van der Waals surface area contributed by atoms with Gasteiger partial charge in [-0.2, -0.15) is 0 Å². The summed E-state index contributed by atoms with van der Waals surface area (Å²) in [5, 5.41) is 0.0576. The first-order valence-electron chi connectivity index (χ1n) is 11.5. The smallest absolute Gasteiger partial charge is 0.337 e. The summed E-state index contributed by atoms with van der Waals surface area (Å²) < 4.78 is 54.9. The standard InChI is InChI=1S/C24H27FN3O7PS/c1-16(29)22-14-27(23-8-7-19(12-21(22)23)36(31,32)33)15-24(30)28-13-17(25)11-18(28)9-10-26-37(34,35)20-5-3-2-4-6-20/h2-8,12,14,17-18,26H,9-11,13,15H2,1H3,(H2,31,32,33)/t17-,18-/m1/s1. The number of nitrogens with zero attached hydrogens (tertiary/aromatic N) is 2. The van der Waals surface area contributed by atoms with E-state index in [0.29, 0.717) is 10.9 Å². The van der Waals surface area contributed by atoms with Gasteiger partial charge in [0.25, 0.3) is 0 Å². The molecular formula is C24H27FN3O7PS. The Morgan fingerprint density at radius 3 is 2.51 bits per heavy atom. The number of halogens is 1. The van der Waals surface area contributed by atoms with Crippen LogP contribution in [0.25, 0.3) is 10.9 Å². The van der Waals surface area contributed by atoms with Gasteiger partial charge < -0.3 is 19.3 Å². The van der Waals surface area contributed by atoms with E-state index in [0.717, 1.165) is 0 Å². The predicted molar refractivity (Wildman–Crippen MR) is 135 cm³/mol. The number of rotatable bonds is 9. The molecular weight excluding hydrogens is 524 g/mol. The zero-order valence-corrected chi connectivity index (χ0v) is 21.7. The van der Waals surface area contributed by atoms with E-state index < -0.39 is 35.7 Å². The molecule has 4 rings (SSSR count). The van der Waals surface area contributed by atoms with Crippen molar-refractivity contribution in [3.63, 3.8) is 0 Å². The van der Waals surface area contributed by atoms with Gasteiger partial charge in [0, 0.05) is 41.7 Å². The minimum absolute atomic E-state index is 0.0183. The molecule has 0 spiro atoms. The fourth-order valence-electron chi connectivity index (χ4n) is 4.60. The van der Waals surface area contributed by atoms with Gasteiger partial charge >= 0.3 is 7.60 Å². The average Bonchev–Trinajstić information content (AvgIpc) is 3.39. The summed E-state index contributed by atoms with van der Waals surface area (Å²) in [5.74, 6) is -0.755. The van der Waals surface area contributed by atoms with Crippen LogP contribution in [0.5, 0.6) is 0 Å². The Kier molecular flexibility index (Phi) is 7.68. The monoisotopic (exact) mass is 551 g/mol. The molecule has 2 aromatic carbocycles. The topological polar surface area (TPSA) is 146 Å². The second-order valence-corrected chi connectivity index (χ2v) is 12.4. The molecule has 1 aliphatic heterocycles. The van der Waals surface area contributed by atoms with E-state index in [-0.39, 0.29) is 54.0 Å². The number of sulfonamides is 1. The van der Waals surface area contributed by atoms with Crippen LogP contribution in [0.2, 0.25) is 0 Å². The second-order valence-electron chi connectivity index (χ2n) is 9.00. The molecule has 2 atom stereocenters. The lowest BCUT2D eigenvalue weighted by atomic mass is 10.1. The van der Waals surface area contributed by atoms with Gasteiger partial charge in [-0.25, -0.2) is 17.5 Å². The first-order valence-corrected chi connectivity index (χ1v) is 14.6. The molecule has 0 aliphatic carbocycles. The summed E-state index contributed by atoms with van der Waals surface area (Å²) in [6.07, 6.45) is 0.491. The number of fused-ring (bicyclic) bond motifs is 1. The summed E-state index contributed by atoms with van der Waals surface area (Å²) in [6, 6.07) is 11.2. The van der Waals surface area contributed by atoms with Crippen LogP contribution in [0.15, 0.2) is 59.6 Å². The van der Waals surface area contributed by atoms with E-state index in [9.17, 15) is 36.7 Å². The van der Waals surface area contributed by atoms with Gasteiger partial charge in [-0.1, -0.05) is 18.2 Å². The Bertz CT molecular complexity index is 1490. The molecule has 1 amide bonds. The highest BCUT2D eigenvalue weighted by Crippen LogP contribution is 2.35. The maximum absolute atomic E-state index is 14.3. The fraction of sp³-hybridized carbons (Fsp3) is 0.333. The number of Topliss-reactive ketones (excluding diaryl/α,β-unsaturated/α-hetero) is 1. The van der Waals surface area contributed by atoms with Crippen molar-refractivity contribution in [2.75, 3.05) is 13.1 Å². The molecule has 2 heterocycles. The van der Waals surface area contributed by atoms with E-state index in [1.54, 1.807) is 18.2 Å². The zero-order valence-electron chi connectivity index (χ0n) is 19.9. The molecule has 1 saturated heterocycles. The predicted octanol–water partition coefficient (Wildman–Crippen LogP) is 1.95. The minimum Gasteiger partial charge on any atom is -0.337 e. The number of carbonyl (C=O) groups excluding carboxylic acids is 2. The molecule has 10 nitrogen and oxygen atoms in total. The van der Waals surface area contributed by atoms with Crippen LogP contribution >= 0.6 is 7.60 Å². The first kappa shape index (κ1) is 27.2. The fourth-order valence-corrected chi connectivity index (χ4v) is 6.23. The number of likely N-dealkylation sites (tertiary alicyclic amines) is 1. The molecule has 3 aromatic rings. The van der Waals surface area contributed by atoms with E-state index in [1.807, 2.05) is 0 Å². The summed E-state index contributed by atoms with van der Waals surface area (Å²) in [5.41, 5.74) is 0.633. The third kappa shape index (κ3) is 6.00. The Morgan fingerprint density at radius 1 is 1.16 bits per heavy atom. The number of hydrogen-bond donors (Lipinski definition) is 3. The highest BCUT2D eigenvalue weighted by atomic mass is 32.2. The molecule has 0 bridgehead atoms. The number of aromatic nitrogens is 1. The van der Waals surface area contributed by atoms with Gasteiger partial charge in [-0.15, -0.1) is 0 Å². The van der Waals surface area contributed by atoms with Gasteiger partial charge in [0.1, 0.15) is 12.7 Å². The lowest BCUT2D eigenvalue weighted by Gasteiger charge is -2.25. The van der Waals surface area contributed by atoms with Crippen molar-refractivity contribution in [3.05, 3.63) is 60.3 Å². The highest BCUT2D eigenvalue weighted by Gasteiger charge is 2.35. The van der Waals surface area contributed by atoms with Crippen molar-refractivity contribution in [1.82, 2.24) is 14.2 Å². The van der Waals surface area contributed by atoms with Crippen molar-refractivity contribution in [2.45, 2.75) is 43.4 Å². The quantitative estimate of drug-likeness (QED) is 0.272. The van der Waals surface area contributed by atoms with Gasteiger partial charge in [0.2, 0.25) is 15.9 Å². The zero-order chi connectivity index (χ0) is 27.0. The number of amides is 1. The lowest BCUT2D eigenvalue weighted by Crippen LogP contribution is -2.40. The van der Waals surface area contributed by atoms with Crippen molar-refractivity contribution in [1.29, 1.82) is 0 Å². The molecule has 1 fully saturated rings. The van der Waals surface area contributed by atoms with E-state index in [1.165, 1.54) is 52.9 Å². The molecule has 37 heavy (non-hydrogen) atoms. The van der Waals surface area contributed by atoms with E-state index >= 15 is 0 Å². The van der Waals surface area contributed by atoms with Crippen molar-refractivity contribution in [3.8, 4) is 0 Å². The Labute approximate surface area is 213 Å². The summed E-state index contributed by atoms with van der Waals surface area (Å²) in [7, 11) is -8.29. The molecule has 0 radical (unpaired) electrons. The lowest BCUT2D eigenvalue weighted by molar-refractivity contribution is -0.132. The largest absolute Gasteiger partial charge is 0.356 e. The maximum Gasteiger partial charge on any atom is 0.356 e. The molecule has 1 aliphatic rings. The van der Waals surface area contributed by atoms with Gasteiger partial charge in [-0.05, 0) is 43.7 Å². The van der Waals surface area contributed by atoms with Gasteiger partial charge in [0.05, 0.1) is 16.7 Å². The summed E-state index contributed by atoms with van der Waals surface area (Å²) in [6.45, 7) is 0.977. The number of benzene rings is 2. The molecule has 3 N–H and O–H groups in total. The Hall–Kier alpha value is -2.89. The maximum atomic E-state index is 14.3. The minimum atomic E-state index is -4.55. The van der Waals surface area contributed by atoms with Crippen LogP contribution in [0.1, 0.15) is 30.1 Å². The molecule has 198 valence electrons. The van der Waals surface area contributed by atoms with E-state index in [2.05, 4.69) is 4.72 Å². The van der Waals surface area contributed by atoms with Crippen molar-refractivity contribution < 1.29 is 36.7 Å². The Balaban J connectivity index is 1.50. The molecule has 0 saturated carbocycles. The second kappa shape index (κ2) is 10.5. The first-order chi connectivity index (χ1) is 17.4. The Morgan fingerprint density at radius 2 is 1.86 bits per heavy atom. The number of hydrogen-bond acceptors (Lipinski definition) is 5.